The number of aliphatic imine (C=N–C) groups is 1. The molecule has 12 heavy (non-hydrogen) atoms. The van der Waals surface area contributed by atoms with Gasteiger partial charge in [-0.3, -0.25) is 4.99 Å². The van der Waals surface area contributed by atoms with Crippen LogP contribution in [-0.2, 0) is 4.74 Å². The van der Waals surface area contributed by atoms with Crippen LogP contribution in [0.3, 0.4) is 0 Å². The summed E-state index contributed by atoms with van der Waals surface area (Å²) in [6, 6.07) is 0. The van der Waals surface area contributed by atoms with E-state index in [-0.39, 0.29) is 0 Å². The molecule has 66 valence electrons. The molecule has 1 aliphatic heterocycles. The van der Waals surface area contributed by atoms with E-state index in [1.807, 2.05) is 25.5 Å². The lowest BCUT2D eigenvalue weighted by atomic mass is 10.1. The monoisotopic (exact) mass is 165 g/mol. The molecule has 0 atom stereocenters. The SMILES string of the molecule is CCN=C/C=C1\COC=C1CC. The molecular formula is C10H15NO. The summed E-state index contributed by atoms with van der Waals surface area (Å²) >= 11 is 0. The van der Waals surface area contributed by atoms with E-state index in [9.17, 15) is 0 Å². The van der Waals surface area contributed by atoms with E-state index in [2.05, 4.69) is 11.9 Å². The molecule has 2 heteroatoms. The Morgan fingerprint density at radius 3 is 3.08 bits per heavy atom. The van der Waals surface area contributed by atoms with Gasteiger partial charge in [-0.15, -0.1) is 0 Å². The van der Waals surface area contributed by atoms with Crippen LogP contribution in [-0.4, -0.2) is 19.4 Å². The number of allylic oxidation sites excluding steroid dienone is 1. The zero-order valence-corrected chi connectivity index (χ0v) is 7.71. The molecule has 1 heterocycles. The van der Waals surface area contributed by atoms with Gasteiger partial charge in [0.2, 0.25) is 0 Å². The zero-order chi connectivity index (χ0) is 8.81. The molecule has 0 amide bonds. The molecule has 0 fully saturated rings. The summed E-state index contributed by atoms with van der Waals surface area (Å²) in [5.74, 6) is 0. The van der Waals surface area contributed by atoms with Crippen LogP contribution < -0.4 is 0 Å². The molecule has 2 nitrogen and oxygen atoms in total. The van der Waals surface area contributed by atoms with Crippen molar-refractivity contribution in [3.05, 3.63) is 23.5 Å². The van der Waals surface area contributed by atoms with Crippen LogP contribution in [0.2, 0.25) is 0 Å². The van der Waals surface area contributed by atoms with Crippen LogP contribution in [0.4, 0.5) is 0 Å². The summed E-state index contributed by atoms with van der Waals surface area (Å²) in [7, 11) is 0. The van der Waals surface area contributed by atoms with Gasteiger partial charge < -0.3 is 4.74 Å². The summed E-state index contributed by atoms with van der Waals surface area (Å²) in [4.78, 5) is 4.12. The minimum Gasteiger partial charge on any atom is -0.496 e. The van der Waals surface area contributed by atoms with E-state index in [0.29, 0.717) is 6.61 Å². The third-order valence-electron chi connectivity index (χ3n) is 1.82. The highest BCUT2D eigenvalue weighted by molar-refractivity contribution is 5.73. The Morgan fingerprint density at radius 1 is 1.58 bits per heavy atom. The zero-order valence-electron chi connectivity index (χ0n) is 7.71. The molecule has 1 rings (SSSR count). The van der Waals surface area contributed by atoms with E-state index in [1.165, 1.54) is 11.1 Å². The first-order chi connectivity index (χ1) is 5.88. The predicted octanol–water partition coefficient (Wildman–Crippen LogP) is 2.33. The van der Waals surface area contributed by atoms with E-state index >= 15 is 0 Å². The quantitative estimate of drug-likeness (QED) is 0.588. The molecule has 0 spiro atoms. The van der Waals surface area contributed by atoms with Gasteiger partial charge in [-0.2, -0.15) is 0 Å². The normalized spacial score (nSPS) is 20.2. The summed E-state index contributed by atoms with van der Waals surface area (Å²) in [5.41, 5.74) is 2.55. The van der Waals surface area contributed by atoms with Crippen molar-refractivity contribution in [2.24, 2.45) is 4.99 Å². The third-order valence-corrected chi connectivity index (χ3v) is 1.82. The molecule has 0 N–H and O–H groups in total. The highest BCUT2D eigenvalue weighted by Gasteiger charge is 2.08. The van der Waals surface area contributed by atoms with Crippen molar-refractivity contribution in [2.45, 2.75) is 20.3 Å². The lowest BCUT2D eigenvalue weighted by Gasteiger charge is -1.95. The third kappa shape index (κ3) is 2.22. The van der Waals surface area contributed by atoms with Gasteiger partial charge in [0.25, 0.3) is 0 Å². The molecule has 0 radical (unpaired) electrons. The van der Waals surface area contributed by atoms with E-state index in [4.69, 9.17) is 4.74 Å². The van der Waals surface area contributed by atoms with E-state index in [0.717, 1.165) is 13.0 Å². The van der Waals surface area contributed by atoms with E-state index in [1.54, 1.807) is 0 Å². The average Bonchev–Trinajstić information content (AvgIpc) is 2.52. The first-order valence-corrected chi connectivity index (χ1v) is 4.38. The first-order valence-electron chi connectivity index (χ1n) is 4.38. The number of rotatable bonds is 3. The summed E-state index contributed by atoms with van der Waals surface area (Å²) in [6.07, 6.45) is 6.76. The second kappa shape index (κ2) is 4.75. The maximum atomic E-state index is 5.20. The largest absolute Gasteiger partial charge is 0.496 e. The summed E-state index contributed by atoms with van der Waals surface area (Å²) in [6.45, 7) is 5.71. The Bertz CT molecular complexity index is 226. The molecule has 0 saturated carbocycles. The number of ether oxygens (including phenoxy) is 1. The average molecular weight is 165 g/mol. The van der Waals surface area contributed by atoms with Gasteiger partial charge in [-0.1, -0.05) is 6.92 Å². The number of nitrogens with zero attached hydrogens (tertiary/aromatic N) is 1. The van der Waals surface area contributed by atoms with Crippen molar-refractivity contribution in [1.82, 2.24) is 0 Å². The Kier molecular flexibility index (Phi) is 3.58. The van der Waals surface area contributed by atoms with E-state index < -0.39 is 0 Å². The summed E-state index contributed by atoms with van der Waals surface area (Å²) in [5, 5.41) is 0. The van der Waals surface area contributed by atoms with Gasteiger partial charge in [0.15, 0.2) is 0 Å². The standard InChI is InChI=1S/C10H15NO/c1-3-9-7-12-8-10(9)5-6-11-4-2/h5-7H,3-4,8H2,1-2H3/b10-5+,11-6?. The fraction of sp³-hybridized carbons (Fsp3) is 0.500. The van der Waals surface area contributed by atoms with Crippen molar-refractivity contribution in [3.8, 4) is 0 Å². The Morgan fingerprint density at radius 2 is 2.42 bits per heavy atom. The maximum absolute atomic E-state index is 5.20. The molecule has 0 aromatic carbocycles. The van der Waals surface area contributed by atoms with Crippen LogP contribution in [0.5, 0.6) is 0 Å². The fourth-order valence-corrected chi connectivity index (χ4v) is 1.11. The van der Waals surface area contributed by atoms with Gasteiger partial charge >= 0.3 is 0 Å². The van der Waals surface area contributed by atoms with Crippen molar-refractivity contribution < 1.29 is 4.74 Å². The summed E-state index contributed by atoms with van der Waals surface area (Å²) < 4.78 is 5.20. The molecule has 0 saturated heterocycles. The minimum absolute atomic E-state index is 0.707. The van der Waals surface area contributed by atoms with Gasteiger partial charge in [0.05, 0.1) is 6.26 Å². The van der Waals surface area contributed by atoms with Crippen molar-refractivity contribution >= 4 is 6.21 Å². The lowest BCUT2D eigenvalue weighted by molar-refractivity contribution is 0.301. The van der Waals surface area contributed by atoms with Crippen LogP contribution in [0.25, 0.3) is 0 Å². The van der Waals surface area contributed by atoms with Gasteiger partial charge in [-0.25, -0.2) is 0 Å². The van der Waals surface area contributed by atoms with Gasteiger partial charge in [0.1, 0.15) is 6.61 Å². The van der Waals surface area contributed by atoms with Crippen LogP contribution in [0.1, 0.15) is 20.3 Å². The smallest absolute Gasteiger partial charge is 0.113 e. The number of hydrogen-bond donors (Lipinski definition) is 0. The maximum Gasteiger partial charge on any atom is 0.113 e. The molecule has 0 aromatic heterocycles. The topological polar surface area (TPSA) is 21.6 Å². The Balaban J connectivity index is 2.57. The van der Waals surface area contributed by atoms with Crippen LogP contribution in [0.15, 0.2) is 28.5 Å². The van der Waals surface area contributed by atoms with Crippen LogP contribution in [0, 0.1) is 0 Å². The Labute approximate surface area is 73.6 Å². The molecular weight excluding hydrogens is 150 g/mol. The first kappa shape index (κ1) is 9.04. The van der Waals surface area contributed by atoms with Crippen molar-refractivity contribution in [2.75, 3.05) is 13.2 Å². The van der Waals surface area contributed by atoms with Crippen molar-refractivity contribution in [1.29, 1.82) is 0 Å². The molecule has 0 aromatic rings. The highest BCUT2D eigenvalue weighted by Crippen LogP contribution is 2.19. The second-order valence-corrected chi connectivity index (χ2v) is 2.65. The second-order valence-electron chi connectivity index (χ2n) is 2.65. The van der Waals surface area contributed by atoms with Gasteiger partial charge in [-0.05, 0) is 30.6 Å². The minimum atomic E-state index is 0.707. The molecule has 1 aliphatic rings. The number of hydrogen-bond acceptors (Lipinski definition) is 2. The lowest BCUT2D eigenvalue weighted by Crippen LogP contribution is -1.88. The van der Waals surface area contributed by atoms with Crippen molar-refractivity contribution in [3.63, 3.8) is 0 Å². The molecule has 0 aliphatic carbocycles. The van der Waals surface area contributed by atoms with Gasteiger partial charge in [0, 0.05) is 12.8 Å². The van der Waals surface area contributed by atoms with Crippen LogP contribution >= 0.6 is 0 Å². The molecule has 0 unspecified atom stereocenters. The molecule has 0 bridgehead atoms. The Hall–Kier alpha value is -1.05. The highest BCUT2D eigenvalue weighted by atomic mass is 16.5. The predicted molar refractivity (Wildman–Crippen MR) is 51.4 cm³/mol. The fourth-order valence-electron chi connectivity index (χ4n) is 1.11.